The molecule has 0 amide bonds. The van der Waals surface area contributed by atoms with Crippen LogP contribution in [0.15, 0.2) is 0 Å². The second kappa shape index (κ2) is 3.32. The third-order valence-electron chi connectivity index (χ3n) is 1.63. The van der Waals surface area contributed by atoms with Gasteiger partial charge in [0.1, 0.15) is 0 Å². The zero-order chi connectivity index (χ0) is 6.69. The van der Waals surface area contributed by atoms with Crippen LogP contribution < -0.4 is 0 Å². The first-order valence-electron chi connectivity index (χ1n) is 3.34. The van der Waals surface area contributed by atoms with Gasteiger partial charge in [-0.05, 0) is 20.0 Å². The number of nitrogens with zero attached hydrogens (tertiary/aromatic N) is 1. The van der Waals surface area contributed by atoms with Crippen LogP contribution in [0, 0.1) is 0 Å². The van der Waals surface area contributed by atoms with Crippen LogP contribution in [0.1, 0.15) is 6.42 Å². The summed E-state index contributed by atoms with van der Waals surface area (Å²) in [5.74, 6) is 2.00. The van der Waals surface area contributed by atoms with Crippen LogP contribution >= 0.6 is 0 Å². The minimum Gasteiger partial charge on any atom is -0.305 e. The Labute approximate surface area is 58.7 Å². The summed E-state index contributed by atoms with van der Waals surface area (Å²) in [5, 5.41) is 0. The molecule has 0 aromatic carbocycles. The lowest BCUT2D eigenvalue weighted by atomic mass is 10.4. The fourth-order valence-electron chi connectivity index (χ4n) is 0.976. The molecule has 0 radical (unpaired) electrons. The van der Waals surface area contributed by atoms with Crippen molar-refractivity contribution in [3.05, 3.63) is 0 Å². The first-order valence-corrected chi connectivity index (χ1v) is 4.86. The van der Waals surface area contributed by atoms with E-state index in [4.69, 9.17) is 0 Å². The standard InChI is InChI=1S/C6H13NOS/c1-7-3-2-5-9(8)6-4-7/h2-6H2,1H3/p+1. The quantitative estimate of drug-likeness (QED) is 0.451. The average molecular weight is 148 g/mol. The number of hydrogen-bond acceptors (Lipinski definition) is 1. The number of rotatable bonds is 0. The van der Waals surface area contributed by atoms with Gasteiger partial charge in [0.15, 0.2) is 10.8 Å². The van der Waals surface area contributed by atoms with Crippen LogP contribution in [0.3, 0.4) is 0 Å². The van der Waals surface area contributed by atoms with Crippen molar-refractivity contribution in [1.82, 2.24) is 4.90 Å². The van der Waals surface area contributed by atoms with Gasteiger partial charge in [0, 0.05) is 6.54 Å². The fourth-order valence-corrected chi connectivity index (χ4v) is 2.17. The van der Waals surface area contributed by atoms with E-state index in [0.717, 1.165) is 31.0 Å². The molecule has 1 heterocycles. The Balaban J connectivity index is 2.34. The van der Waals surface area contributed by atoms with Gasteiger partial charge in [-0.2, -0.15) is 0 Å². The van der Waals surface area contributed by atoms with Crippen molar-refractivity contribution in [2.45, 2.75) is 6.42 Å². The zero-order valence-electron chi connectivity index (χ0n) is 5.84. The van der Waals surface area contributed by atoms with Gasteiger partial charge >= 0.3 is 0 Å². The fraction of sp³-hybridized carbons (Fsp3) is 1.00. The van der Waals surface area contributed by atoms with Gasteiger partial charge in [0.05, 0.1) is 11.5 Å². The van der Waals surface area contributed by atoms with Crippen molar-refractivity contribution in [3.63, 3.8) is 0 Å². The summed E-state index contributed by atoms with van der Waals surface area (Å²) in [6, 6.07) is 0. The van der Waals surface area contributed by atoms with Crippen molar-refractivity contribution < 1.29 is 4.21 Å². The van der Waals surface area contributed by atoms with E-state index in [1.165, 1.54) is 0 Å². The third kappa shape index (κ3) is 2.45. The molecule has 1 fully saturated rings. The van der Waals surface area contributed by atoms with Crippen LogP contribution in [-0.4, -0.2) is 40.8 Å². The Kier molecular flexibility index (Phi) is 2.66. The molecule has 9 heavy (non-hydrogen) atoms. The molecule has 0 spiro atoms. The molecule has 0 bridgehead atoms. The maximum Gasteiger partial charge on any atom is 0.187 e. The molecule has 1 aliphatic rings. The molecule has 3 heteroatoms. The molecule has 54 valence electrons. The molecule has 1 unspecified atom stereocenters. The highest BCUT2D eigenvalue weighted by Crippen LogP contribution is 1.97. The summed E-state index contributed by atoms with van der Waals surface area (Å²) >= 11 is 0. The van der Waals surface area contributed by atoms with Gasteiger partial charge in [-0.1, -0.05) is 0 Å². The van der Waals surface area contributed by atoms with Gasteiger partial charge in [-0.25, -0.2) is 0 Å². The highest BCUT2D eigenvalue weighted by atomic mass is 32.2. The van der Waals surface area contributed by atoms with Crippen LogP contribution in [0.5, 0.6) is 0 Å². The largest absolute Gasteiger partial charge is 0.305 e. The van der Waals surface area contributed by atoms with Crippen LogP contribution in [0.25, 0.3) is 0 Å². The molecule has 1 rings (SSSR count). The predicted molar refractivity (Wildman–Crippen MR) is 41.1 cm³/mol. The van der Waals surface area contributed by atoms with Gasteiger partial charge in [0.2, 0.25) is 0 Å². The molecule has 0 aromatic rings. The summed E-state index contributed by atoms with van der Waals surface area (Å²) in [6.07, 6.45) is 1.16. The van der Waals surface area contributed by atoms with E-state index in [2.05, 4.69) is 11.9 Å². The van der Waals surface area contributed by atoms with Gasteiger partial charge in [-0.3, -0.25) is 4.21 Å². The van der Waals surface area contributed by atoms with Crippen LogP contribution in [-0.2, 0) is 10.8 Å². The van der Waals surface area contributed by atoms with Crippen molar-refractivity contribution in [2.24, 2.45) is 0 Å². The van der Waals surface area contributed by atoms with E-state index < -0.39 is 0 Å². The monoisotopic (exact) mass is 148 g/mol. The van der Waals surface area contributed by atoms with Gasteiger partial charge in [0.25, 0.3) is 0 Å². The molecule has 2 nitrogen and oxygen atoms in total. The minimum atomic E-state index is -0.270. The average Bonchev–Trinajstić information content (AvgIpc) is 1.97. The molecular formula is C6H14NOS+. The Morgan fingerprint density at radius 1 is 1.33 bits per heavy atom. The van der Waals surface area contributed by atoms with E-state index in [0.29, 0.717) is 0 Å². The first-order chi connectivity index (χ1) is 4.29. The molecule has 1 N–H and O–H groups in total. The lowest BCUT2D eigenvalue weighted by Crippen LogP contribution is -2.20. The summed E-state index contributed by atoms with van der Waals surface area (Å²) in [7, 11) is 1.84. The summed E-state index contributed by atoms with van der Waals surface area (Å²) in [6.45, 7) is 2.23. The summed E-state index contributed by atoms with van der Waals surface area (Å²) in [4.78, 5) is 2.28. The van der Waals surface area contributed by atoms with E-state index in [9.17, 15) is 4.21 Å². The lowest BCUT2D eigenvalue weighted by molar-refractivity contribution is 0.362. The molecule has 0 aliphatic carbocycles. The van der Waals surface area contributed by atoms with Crippen molar-refractivity contribution >= 4 is 10.8 Å². The van der Waals surface area contributed by atoms with Gasteiger partial charge < -0.3 is 4.90 Å². The Morgan fingerprint density at radius 3 is 2.89 bits per heavy atom. The predicted octanol–water partition coefficient (Wildman–Crippen LogP) is 0.228. The van der Waals surface area contributed by atoms with Crippen molar-refractivity contribution in [3.8, 4) is 0 Å². The SMILES string of the molecule is CN1CCCS(=[OH+])CC1. The van der Waals surface area contributed by atoms with E-state index in [1.54, 1.807) is 0 Å². The highest BCUT2D eigenvalue weighted by molar-refractivity contribution is 7.85. The molecule has 0 aromatic heterocycles. The maximum atomic E-state index is 9.21. The number of hydrogen-bond donors (Lipinski definition) is 0. The maximum absolute atomic E-state index is 9.21. The molecule has 1 atom stereocenters. The normalized spacial score (nSPS) is 31.9. The summed E-state index contributed by atoms with van der Waals surface area (Å²) in [5.41, 5.74) is 0. The Bertz CT molecular complexity index is 116. The van der Waals surface area contributed by atoms with Crippen molar-refractivity contribution in [2.75, 3.05) is 31.6 Å². The lowest BCUT2D eigenvalue weighted by Gasteiger charge is -2.09. The zero-order valence-corrected chi connectivity index (χ0v) is 6.65. The molecular weight excluding hydrogens is 134 g/mol. The Morgan fingerprint density at radius 2 is 2.11 bits per heavy atom. The topological polar surface area (TPSA) is 24.6 Å². The van der Waals surface area contributed by atoms with E-state index in [1.807, 2.05) is 0 Å². The first kappa shape index (κ1) is 7.22. The minimum absolute atomic E-state index is 0.270. The Hall–Kier alpha value is 0.110. The third-order valence-corrected chi connectivity index (χ3v) is 3.04. The van der Waals surface area contributed by atoms with Gasteiger partial charge in [-0.15, -0.1) is 0 Å². The molecule has 1 saturated heterocycles. The van der Waals surface area contributed by atoms with Crippen LogP contribution in [0.4, 0.5) is 0 Å². The summed E-state index contributed by atoms with van der Waals surface area (Å²) < 4.78 is 9.21. The van der Waals surface area contributed by atoms with E-state index in [-0.39, 0.29) is 10.8 Å². The van der Waals surface area contributed by atoms with Crippen LogP contribution in [0.2, 0.25) is 0 Å². The second-order valence-electron chi connectivity index (χ2n) is 2.53. The molecule has 0 saturated carbocycles. The second-order valence-corrected chi connectivity index (χ2v) is 4.27. The van der Waals surface area contributed by atoms with E-state index >= 15 is 0 Å². The smallest absolute Gasteiger partial charge is 0.187 e. The molecule has 1 aliphatic heterocycles. The van der Waals surface area contributed by atoms with Crippen molar-refractivity contribution in [1.29, 1.82) is 0 Å². The highest BCUT2D eigenvalue weighted by Gasteiger charge is 2.12.